The second-order valence-electron chi connectivity index (χ2n) is 8.59. The highest BCUT2D eigenvalue weighted by Gasteiger charge is 2.51. The molecular weight excluding hydrogens is 597 g/mol. The predicted octanol–water partition coefficient (Wildman–Crippen LogP) is 0.263. The number of halogens is 3. The van der Waals surface area contributed by atoms with Crippen molar-refractivity contribution < 1.29 is 69.2 Å². The molecule has 0 spiro atoms. The maximum absolute atomic E-state index is 13.4. The molecule has 1 amide bonds. The molecule has 0 aromatic heterocycles. The van der Waals surface area contributed by atoms with Gasteiger partial charge in [0.15, 0.2) is 18.3 Å². The molecule has 232 valence electrons. The van der Waals surface area contributed by atoms with Crippen molar-refractivity contribution in [2.45, 2.75) is 62.2 Å². The molecule has 1 aliphatic heterocycles. The largest absolute Gasteiger partial charge is 0.477 e. The molecule has 18 heteroatoms. The Labute approximate surface area is 237 Å². The molecule has 2 N–H and O–H groups in total. The Morgan fingerprint density at radius 1 is 0.976 bits per heavy atom. The smallest absolute Gasteiger partial charge is 0.471 e. The first kappa shape index (κ1) is 34.0. The molecule has 0 aliphatic carbocycles. The lowest BCUT2D eigenvalue weighted by Gasteiger charge is -2.42. The summed E-state index contributed by atoms with van der Waals surface area (Å²) in [6.07, 6.45) is -10.6. The van der Waals surface area contributed by atoms with E-state index in [2.05, 4.69) is 9.46 Å². The highest BCUT2D eigenvalue weighted by Crippen LogP contribution is 2.29. The van der Waals surface area contributed by atoms with Crippen molar-refractivity contribution in [2.75, 3.05) is 13.7 Å². The standard InChI is InChI=1S/C24H27F3N2O12S/c1-12(30)38-11-18(39-13(2)31)20(40-14(3)32)21-19(28-23(34)24(25,26)27)16(10-17(41-21)22(33)37-4)29-42(35,36)15-8-6-5-7-9-15/h5-10,16,18-21,29H,11H2,1-4H3,(H,28,34)/t16-,18-,19-,20-,21-/m1/s1. The van der Waals surface area contributed by atoms with E-state index in [0.717, 1.165) is 46.1 Å². The van der Waals surface area contributed by atoms with Crippen LogP contribution in [-0.4, -0.2) is 88.5 Å². The van der Waals surface area contributed by atoms with E-state index in [1.165, 1.54) is 18.2 Å². The van der Waals surface area contributed by atoms with Crippen molar-refractivity contribution in [1.29, 1.82) is 0 Å². The van der Waals surface area contributed by atoms with Gasteiger partial charge < -0.3 is 29.0 Å². The highest BCUT2D eigenvalue weighted by molar-refractivity contribution is 7.89. The van der Waals surface area contributed by atoms with Crippen LogP contribution in [0.25, 0.3) is 0 Å². The number of hydrogen-bond acceptors (Lipinski definition) is 12. The minimum absolute atomic E-state index is 0.342. The fraction of sp³-hybridized carbons (Fsp3) is 0.458. The molecule has 1 aliphatic rings. The van der Waals surface area contributed by atoms with Crippen molar-refractivity contribution in [2.24, 2.45) is 0 Å². The van der Waals surface area contributed by atoms with Crippen molar-refractivity contribution in [3.05, 3.63) is 42.2 Å². The second kappa shape index (κ2) is 14.1. The van der Waals surface area contributed by atoms with Crippen LogP contribution in [-0.2, 0) is 57.7 Å². The van der Waals surface area contributed by atoms with E-state index in [4.69, 9.17) is 18.9 Å². The number of esters is 4. The zero-order chi connectivity index (χ0) is 31.8. The fourth-order valence-corrected chi connectivity index (χ4v) is 4.96. The minimum atomic E-state index is -5.50. The van der Waals surface area contributed by atoms with Gasteiger partial charge in [-0.2, -0.15) is 13.2 Å². The van der Waals surface area contributed by atoms with Crippen LogP contribution in [0.3, 0.4) is 0 Å². The lowest BCUT2D eigenvalue weighted by atomic mass is 9.92. The van der Waals surface area contributed by atoms with E-state index >= 15 is 0 Å². The maximum atomic E-state index is 13.4. The van der Waals surface area contributed by atoms with Crippen LogP contribution >= 0.6 is 0 Å². The first-order valence-corrected chi connectivity index (χ1v) is 13.3. The number of amides is 1. The van der Waals surface area contributed by atoms with Crippen molar-refractivity contribution >= 4 is 39.8 Å². The number of carbonyl (C=O) groups is 5. The molecule has 0 unspecified atom stereocenters. The molecule has 0 fully saturated rings. The third kappa shape index (κ3) is 9.44. The third-order valence-corrected chi connectivity index (χ3v) is 6.86. The first-order chi connectivity index (χ1) is 19.5. The van der Waals surface area contributed by atoms with Crippen LogP contribution in [0.2, 0.25) is 0 Å². The SMILES string of the molecule is COC(=O)C1=C[C@@H](NS(=O)(=O)c2ccccc2)[C@@H](NC(=O)C(F)(F)F)[C@H]([C@H](OC(C)=O)[C@@H](COC(C)=O)OC(C)=O)O1. The average molecular weight is 625 g/mol. The van der Waals surface area contributed by atoms with Gasteiger partial charge in [0.05, 0.1) is 24.1 Å². The molecule has 2 rings (SSSR count). The van der Waals surface area contributed by atoms with E-state index in [1.54, 1.807) is 5.32 Å². The number of ether oxygens (including phenoxy) is 5. The molecule has 5 atom stereocenters. The number of benzene rings is 1. The monoisotopic (exact) mass is 624 g/mol. The van der Waals surface area contributed by atoms with Crippen molar-refractivity contribution in [3.8, 4) is 0 Å². The molecule has 1 aromatic rings. The Bertz CT molecular complexity index is 1320. The number of hydrogen-bond donors (Lipinski definition) is 2. The Hall–Kier alpha value is -4.19. The van der Waals surface area contributed by atoms with Crippen molar-refractivity contribution in [1.82, 2.24) is 10.0 Å². The fourth-order valence-electron chi connectivity index (χ4n) is 3.73. The molecule has 0 saturated heterocycles. The van der Waals surface area contributed by atoms with Crippen LogP contribution in [0.4, 0.5) is 13.2 Å². The Morgan fingerprint density at radius 3 is 2.07 bits per heavy atom. The number of nitrogens with one attached hydrogen (secondary N) is 2. The van der Waals surface area contributed by atoms with Gasteiger partial charge in [0.25, 0.3) is 0 Å². The molecule has 0 bridgehead atoms. The number of sulfonamides is 1. The number of methoxy groups -OCH3 is 1. The second-order valence-corrected chi connectivity index (χ2v) is 10.3. The zero-order valence-corrected chi connectivity index (χ0v) is 23.3. The van der Waals surface area contributed by atoms with Crippen LogP contribution < -0.4 is 10.0 Å². The minimum Gasteiger partial charge on any atom is -0.477 e. The third-order valence-electron chi connectivity index (χ3n) is 5.38. The Kier molecular flexibility index (Phi) is 11.4. The summed E-state index contributed by atoms with van der Waals surface area (Å²) in [5.74, 6) is -7.61. The summed E-state index contributed by atoms with van der Waals surface area (Å²) in [5.41, 5.74) is 0. The summed E-state index contributed by atoms with van der Waals surface area (Å²) in [6, 6.07) is 2.54. The number of carbonyl (C=O) groups excluding carboxylic acids is 5. The van der Waals surface area contributed by atoms with Gasteiger partial charge in [-0.3, -0.25) is 19.2 Å². The van der Waals surface area contributed by atoms with Gasteiger partial charge in [-0.15, -0.1) is 0 Å². The van der Waals surface area contributed by atoms with E-state index in [1.807, 2.05) is 0 Å². The summed E-state index contributed by atoms with van der Waals surface area (Å²) in [5, 5.41) is 1.59. The van der Waals surface area contributed by atoms with Crippen LogP contribution in [0, 0.1) is 0 Å². The van der Waals surface area contributed by atoms with Crippen LogP contribution in [0.15, 0.2) is 47.1 Å². The predicted molar refractivity (Wildman–Crippen MR) is 131 cm³/mol. The summed E-state index contributed by atoms with van der Waals surface area (Å²) in [6.45, 7) is 1.92. The van der Waals surface area contributed by atoms with E-state index in [9.17, 15) is 45.6 Å². The quantitative estimate of drug-likeness (QED) is 0.253. The summed E-state index contributed by atoms with van der Waals surface area (Å²) in [4.78, 5) is 59.6. The van der Waals surface area contributed by atoms with Crippen LogP contribution in [0.1, 0.15) is 20.8 Å². The highest BCUT2D eigenvalue weighted by atomic mass is 32.2. The molecule has 0 radical (unpaired) electrons. The van der Waals surface area contributed by atoms with Crippen LogP contribution in [0.5, 0.6) is 0 Å². The van der Waals surface area contributed by atoms with Gasteiger partial charge in [-0.25, -0.2) is 17.9 Å². The van der Waals surface area contributed by atoms with E-state index in [-0.39, 0.29) is 4.90 Å². The molecular formula is C24H27F3N2O12S. The molecule has 42 heavy (non-hydrogen) atoms. The molecule has 1 aromatic carbocycles. The number of alkyl halides is 3. The van der Waals surface area contributed by atoms with Gasteiger partial charge in [0.2, 0.25) is 15.8 Å². The average Bonchev–Trinajstić information content (AvgIpc) is 2.89. The Morgan fingerprint density at radius 2 is 1.57 bits per heavy atom. The van der Waals surface area contributed by atoms with Gasteiger partial charge in [-0.05, 0) is 18.2 Å². The first-order valence-electron chi connectivity index (χ1n) is 11.9. The lowest BCUT2D eigenvalue weighted by molar-refractivity contribution is -0.190. The van der Waals surface area contributed by atoms with E-state index in [0.29, 0.717) is 0 Å². The summed E-state index contributed by atoms with van der Waals surface area (Å²) < 4.78 is 93.7. The maximum Gasteiger partial charge on any atom is 0.471 e. The van der Waals surface area contributed by atoms with E-state index < -0.39 is 88.7 Å². The molecule has 14 nitrogen and oxygen atoms in total. The van der Waals surface area contributed by atoms with Crippen molar-refractivity contribution in [3.63, 3.8) is 0 Å². The van der Waals surface area contributed by atoms with Gasteiger partial charge in [-0.1, -0.05) is 18.2 Å². The van der Waals surface area contributed by atoms with Gasteiger partial charge in [0, 0.05) is 20.8 Å². The van der Waals surface area contributed by atoms with Gasteiger partial charge in [0.1, 0.15) is 6.61 Å². The topological polar surface area (TPSA) is 190 Å². The normalized spacial score (nSPS) is 20.1. The summed E-state index contributed by atoms with van der Waals surface area (Å²) >= 11 is 0. The Balaban J connectivity index is 2.76. The summed E-state index contributed by atoms with van der Waals surface area (Å²) in [7, 11) is -3.64. The molecule has 1 heterocycles. The zero-order valence-electron chi connectivity index (χ0n) is 22.5. The lowest BCUT2D eigenvalue weighted by Crippen LogP contribution is -2.65. The molecule has 0 saturated carbocycles. The van der Waals surface area contributed by atoms with Gasteiger partial charge >= 0.3 is 36.0 Å². The number of rotatable bonds is 11.